The molecule has 0 aromatic carbocycles. The molecule has 0 radical (unpaired) electrons. The first kappa shape index (κ1) is 19.3. The minimum atomic E-state index is 0. The van der Waals surface area contributed by atoms with E-state index in [0.717, 1.165) is 6.42 Å². The van der Waals surface area contributed by atoms with Gasteiger partial charge >= 0.3 is 0 Å². The van der Waals surface area contributed by atoms with Gasteiger partial charge in [0.2, 0.25) is 0 Å². The maximum absolute atomic E-state index is 5.37. The summed E-state index contributed by atoms with van der Waals surface area (Å²) in [5, 5.41) is 0. The molecule has 1 aliphatic rings. The summed E-state index contributed by atoms with van der Waals surface area (Å²) in [6, 6.07) is 0. The van der Waals surface area contributed by atoms with Gasteiger partial charge in [0.05, 0.1) is 6.10 Å². The largest absolute Gasteiger partial charge is 0.377 e. The van der Waals surface area contributed by atoms with Crippen molar-refractivity contribution >= 4 is 24.8 Å². The van der Waals surface area contributed by atoms with Gasteiger partial charge in [-0.2, -0.15) is 11.6 Å². The van der Waals surface area contributed by atoms with Gasteiger partial charge in [0.25, 0.3) is 0 Å². The summed E-state index contributed by atoms with van der Waals surface area (Å²) in [4.78, 5) is 0. The van der Waals surface area contributed by atoms with E-state index in [9.17, 15) is 0 Å². The van der Waals surface area contributed by atoms with Crippen LogP contribution >= 0.6 is 24.8 Å². The van der Waals surface area contributed by atoms with Crippen LogP contribution in [0.2, 0.25) is 0 Å². The quantitative estimate of drug-likeness (QED) is 0.558. The molecule has 4 heteroatoms. The van der Waals surface area contributed by atoms with E-state index in [-0.39, 0.29) is 46.5 Å². The van der Waals surface area contributed by atoms with Gasteiger partial charge in [0, 0.05) is 28.3 Å². The summed E-state index contributed by atoms with van der Waals surface area (Å²) in [6.07, 6.45) is 8.64. The molecule has 0 heterocycles. The molecule has 1 aliphatic carbocycles. The van der Waals surface area contributed by atoms with Gasteiger partial charge in [-0.1, -0.05) is 0 Å². The Bertz CT molecular complexity index is 167. The first-order chi connectivity index (χ1) is 4.79. The molecule has 0 fully saturated rings. The zero-order valence-corrected chi connectivity index (χ0v) is 11.1. The van der Waals surface area contributed by atoms with E-state index in [0.29, 0.717) is 12.7 Å². The molecule has 0 amide bonds. The first-order valence-electron chi connectivity index (χ1n) is 3.67. The zero-order valence-electron chi connectivity index (χ0n) is 7.87. The topological polar surface area (TPSA) is 9.23 Å². The van der Waals surface area contributed by atoms with Crippen molar-refractivity contribution in [2.75, 3.05) is 6.61 Å². The van der Waals surface area contributed by atoms with Crippen LogP contribution in [0, 0.1) is 6.08 Å². The Balaban J connectivity index is -0.000000333. The van der Waals surface area contributed by atoms with Crippen LogP contribution in [0.1, 0.15) is 20.3 Å². The van der Waals surface area contributed by atoms with Gasteiger partial charge in [0.1, 0.15) is 0 Å². The molecule has 1 nitrogen and oxygen atoms in total. The van der Waals surface area contributed by atoms with Gasteiger partial charge in [-0.15, -0.1) is 31.2 Å². The maximum atomic E-state index is 5.37. The normalized spacial score (nSPS) is 12.7. The van der Waals surface area contributed by atoms with Crippen LogP contribution in [0.5, 0.6) is 0 Å². The van der Waals surface area contributed by atoms with Crippen LogP contribution < -0.4 is 0 Å². The fraction of sp³-hybridized carbons (Fsp3) is 0.556. The van der Waals surface area contributed by atoms with Crippen molar-refractivity contribution < 1.29 is 26.5 Å². The summed E-state index contributed by atoms with van der Waals surface area (Å²) in [7, 11) is 0. The number of ether oxygens (including phenoxy) is 1. The van der Waals surface area contributed by atoms with E-state index in [1.807, 2.05) is 13.8 Å². The second-order valence-corrected chi connectivity index (χ2v) is 2.67. The molecular weight excluding hydrogens is 243 g/mol. The number of allylic oxidation sites excluding steroid dienone is 2. The van der Waals surface area contributed by atoms with Gasteiger partial charge in [-0.3, -0.25) is 6.08 Å². The van der Waals surface area contributed by atoms with Crippen molar-refractivity contribution in [2.45, 2.75) is 26.4 Å². The Morgan fingerprint density at radius 1 is 1.46 bits per heavy atom. The summed E-state index contributed by atoms with van der Waals surface area (Å²) >= 11 is 0. The van der Waals surface area contributed by atoms with Crippen molar-refractivity contribution in [1.82, 2.24) is 0 Å². The second-order valence-electron chi connectivity index (χ2n) is 2.67. The molecule has 0 saturated carbocycles. The van der Waals surface area contributed by atoms with Crippen molar-refractivity contribution in [2.24, 2.45) is 0 Å². The van der Waals surface area contributed by atoms with Crippen LogP contribution in [0.4, 0.5) is 0 Å². The SMILES string of the molecule is CC(C)OCC1=[C-]CC=C1.Cl.Cl.[Ti]. The van der Waals surface area contributed by atoms with Crippen molar-refractivity contribution in [3.05, 3.63) is 23.8 Å². The number of rotatable bonds is 3. The van der Waals surface area contributed by atoms with Crippen LogP contribution in [0.25, 0.3) is 0 Å². The predicted octanol–water partition coefficient (Wildman–Crippen LogP) is 2.94. The molecule has 0 spiro atoms. The summed E-state index contributed by atoms with van der Waals surface area (Å²) in [5.41, 5.74) is 1.19. The molecule has 0 aromatic rings. The number of hydrogen-bond donors (Lipinski definition) is 0. The molecule has 0 N–H and O–H groups in total. The van der Waals surface area contributed by atoms with E-state index in [2.05, 4.69) is 18.2 Å². The van der Waals surface area contributed by atoms with Crippen LogP contribution in [-0.2, 0) is 26.5 Å². The minimum Gasteiger partial charge on any atom is -0.377 e. The van der Waals surface area contributed by atoms with Gasteiger partial charge in [0.15, 0.2) is 0 Å². The predicted molar refractivity (Wildman–Crippen MR) is 56.1 cm³/mol. The third-order valence-corrected chi connectivity index (χ3v) is 1.34. The Morgan fingerprint density at radius 2 is 2.08 bits per heavy atom. The second kappa shape index (κ2) is 10.8. The van der Waals surface area contributed by atoms with E-state index in [4.69, 9.17) is 4.74 Å². The summed E-state index contributed by atoms with van der Waals surface area (Å²) in [5.74, 6) is 0. The van der Waals surface area contributed by atoms with E-state index >= 15 is 0 Å². The first-order valence-corrected chi connectivity index (χ1v) is 3.67. The molecule has 0 bridgehead atoms. The molecule has 0 unspecified atom stereocenters. The summed E-state index contributed by atoms with van der Waals surface area (Å²) in [6.45, 7) is 4.80. The molecule has 0 aliphatic heterocycles. The average molecular weight is 258 g/mol. The molecule has 13 heavy (non-hydrogen) atoms. The molecule has 1 rings (SSSR count). The minimum absolute atomic E-state index is 0. The molecule has 76 valence electrons. The average Bonchev–Trinajstić information content (AvgIpc) is 2.34. The fourth-order valence-electron chi connectivity index (χ4n) is 0.806. The molecule has 0 saturated heterocycles. The Morgan fingerprint density at radius 3 is 2.46 bits per heavy atom. The standard InChI is InChI=1S/C9H13O.2ClH.Ti/c1-8(2)10-7-9-5-3-4-6-9;;;/h3,5,8H,4,7H2,1-2H3;2*1H;/q-1;;;. The summed E-state index contributed by atoms with van der Waals surface area (Å²) < 4.78 is 5.37. The van der Waals surface area contributed by atoms with Gasteiger partial charge in [-0.05, 0) is 13.8 Å². The van der Waals surface area contributed by atoms with E-state index in [1.165, 1.54) is 5.57 Å². The zero-order chi connectivity index (χ0) is 7.40. The van der Waals surface area contributed by atoms with Crippen molar-refractivity contribution in [3.63, 3.8) is 0 Å². The Hall–Kier alpha value is 0.734. The van der Waals surface area contributed by atoms with Crippen LogP contribution in [-0.4, -0.2) is 12.7 Å². The Kier molecular flexibility index (Phi) is 16.1. The van der Waals surface area contributed by atoms with Gasteiger partial charge < -0.3 is 4.74 Å². The fourth-order valence-corrected chi connectivity index (χ4v) is 0.806. The van der Waals surface area contributed by atoms with Crippen LogP contribution in [0.15, 0.2) is 17.7 Å². The van der Waals surface area contributed by atoms with E-state index < -0.39 is 0 Å². The van der Waals surface area contributed by atoms with Gasteiger partial charge in [-0.25, -0.2) is 6.08 Å². The molecular formula is C9H15Cl2OTi-. The third-order valence-electron chi connectivity index (χ3n) is 1.34. The Labute approximate surface area is 108 Å². The van der Waals surface area contributed by atoms with E-state index in [1.54, 1.807) is 0 Å². The third kappa shape index (κ3) is 9.05. The maximum Gasteiger partial charge on any atom is 0.0521 e. The molecule has 0 aromatic heterocycles. The van der Waals surface area contributed by atoms with Crippen molar-refractivity contribution in [1.29, 1.82) is 0 Å². The van der Waals surface area contributed by atoms with Crippen molar-refractivity contribution in [3.8, 4) is 0 Å². The number of hydrogen-bond acceptors (Lipinski definition) is 1. The van der Waals surface area contributed by atoms with Crippen LogP contribution in [0.3, 0.4) is 0 Å². The smallest absolute Gasteiger partial charge is 0.0521 e. The number of halogens is 2. The monoisotopic (exact) mass is 257 g/mol. The molecule has 0 atom stereocenters.